The molecule has 0 spiro atoms. The highest BCUT2D eigenvalue weighted by molar-refractivity contribution is 7.86. The average molecular weight is 442 g/mol. The second kappa shape index (κ2) is 9.40. The second-order valence-corrected chi connectivity index (χ2v) is 7.85. The Kier molecular flexibility index (Phi) is 7.38. The summed E-state index contributed by atoms with van der Waals surface area (Å²) in [6, 6.07) is 16.2. The molecule has 1 heterocycles. The summed E-state index contributed by atoms with van der Waals surface area (Å²) in [6.07, 6.45) is 2.08. The quantitative estimate of drug-likeness (QED) is 0.220. The number of alkyl halides is 3. The molecule has 0 unspecified atom stereocenters. The van der Waals surface area contributed by atoms with Gasteiger partial charge in [0.15, 0.2) is 10.1 Å². The van der Waals surface area contributed by atoms with E-state index < -0.39 is 15.6 Å². The Hall–Kier alpha value is -2.72. The SMILES string of the molecule is CCCCNC(=O)c1c2ccccc2[n+](C)c2ccccc12.O=S(=O)([O-])C(F)(F)F. The monoisotopic (exact) mass is 442 g/mol. The van der Waals surface area contributed by atoms with Crippen molar-refractivity contribution >= 4 is 37.8 Å². The van der Waals surface area contributed by atoms with Crippen LogP contribution in [0.25, 0.3) is 21.8 Å². The molecule has 0 aliphatic rings. The zero-order valence-electron chi connectivity index (χ0n) is 16.4. The fraction of sp³-hybridized carbons (Fsp3) is 0.300. The van der Waals surface area contributed by atoms with Crippen LogP contribution in [0.1, 0.15) is 30.1 Å². The minimum absolute atomic E-state index is 0.0152. The summed E-state index contributed by atoms with van der Waals surface area (Å²) in [6.45, 7) is 2.85. The molecule has 0 aliphatic carbocycles. The lowest BCUT2D eigenvalue weighted by Gasteiger charge is -2.10. The summed E-state index contributed by atoms with van der Waals surface area (Å²) in [4.78, 5) is 12.7. The van der Waals surface area contributed by atoms with E-state index in [4.69, 9.17) is 13.0 Å². The maximum absolute atomic E-state index is 12.7. The number of pyridine rings is 1. The van der Waals surface area contributed by atoms with Crippen LogP contribution in [0.15, 0.2) is 48.5 Å². The summed E-state index contributed by atoms with van der Waals surface area (Å²) >= 11 is 0. The number of fused-ring (bicyclic) bond motifs is 2. The van der Waals surface area contributed by atoms with Crippen molar-refractivity contribution in [1.29, 1.82) is 0 Å². The van der Waals surface area contributed by atoms with E-state index in [1.807, 2.05) is 43.4 Å². The van der Waals surface area contributed by atoms with Crippen LogP contribution in [-0.2, 0) is 17.2 Å². The molecule has 1 N–H and O–H groups in total. The fourth-order valence-electron chi connectivity index (χ4n) is 2.94. The van der Waals surface area contributed by atoms with Crippen LogP contribution in [0.3, 0.4) is 0 Å². The van der Waals surface area contributed by atoms with Gasteiger partial charge in [0.05, 0.1) is 16.3 Å². The van der Waals surface area contributed by atoms with Crippen molar-refractivity contribution in [3.05, 3.63) is 54.1 Å². The summed E-state index contributed by atoms with van der Waals surface area (Å²) < 4.78 is 61.0. The van der Waals surface area contributed by atoms with Crippen LogP contribution in [0.5, 0.6) is 0 Å². The number of hydrogen-bond donors (Lipinski definition) is 1. The molecule has 0 atom stereocenters. The standard InChI is InChI=1S/C19H20N2O.CHF3O3S/c1-3-4-13-20-19(22)18-14-9-5-7-11-16(14)21(2)17-12-8-6-10-15(17)18;2-1(3,4)8(5,6)7/h5-12H,3-4,13H2,1-2H3;(H,5,6,7). The van der Waals surface area contributed by atoms with Crippen molar-refractivity contribution in [2.45, 2.75) is 25.3 Å². The molecule has 0 radical (unpaired) electrons. The lowest BCUT2D eigenvalue weighted by molar-refractivity contribution is -0.617. The van der Waals surface area contributed by atoms with Gasteiger partial charge >= 0.3 is 5.51 Å². The molecular formula is C20H21F3N2O4S. The summed E-state index contributed by atoms with van der Waals surface area (Å²) in [5, 5.41) is 5.05. The highest BCUT2D eigenvalue weighted by Crippen LogP contribution is 2.24. The van der Waals surface area contributed by atoms with Gasteiger partial charge in [-0.05, 0) is 18.6 Å². The number of unbranched alkanes of at least 4 members (excludes halogenated alkanes) is 1. The lowest BCUT2D eigenvalue weighted by atomic mass is 10.0. The van der Waals surface area contributed by atoms with E-state index in [2.05, 4.69) is 28.9 Å². The maximum Gasteiger partial charge on any atom is 0.485 e. The molecule has 30 heavy (non-hydrogen) atoms. The van der Waals surface area contributed by atoms with Gasteiger partial charge in [0.25, 0.3) is 5.91 Å². The Balaban J connectivity index is 0.000000343. The molecule has 2 aromatic carbocycles. The molecule has 3 rings (SSSR count). The third-order valence-corrected chi connectivity index (χ3v) is 4.96. The Morgan fingerprint density at radius 3 is 1.87 bits per heavy atom. The summed E-state index contributed by atoms with van der Waals surface area (Å²) in [5.74, 6) is 0.0152. The molecule has 0 aliphatic heterocycles. The third-order valence-electron chi connectivity index (χ3n) is 4.40. The Morgan fingerprint density at radius 1 is 1.03 bits per heavy atom. The number of rotatable bonds is 4. The Morgan fingerprint density at radius 2 is 1.47 bits per heavy atom. The first-order valence-corrected chi connectivity index (χ1v) is 10.5. The van der Waals surface area contributed by atoms with E-state index in [9.17, 15) is 18.0 Å². The number of amides is 1. The van der Waals surface area contributed by atoms with Crippen LogP contribution in [0.2, 0.25) is 0 Å². The number of carbonyl (C=O) groups excluding carboxylic acids is 1. The number of nitrogens with zero attached hydrogens (tertiary/aromatic N) is 1. The molecule has 162 valence electrons. The first-order valence-electron chi connectivity index (χ1n) is 9.08. The molecule has 3 aromatic rings. The van der Waals surface area contributed by atoms with E-state index in [1.165, 1.54) is 0 Å². The number of halogens is 3. The van der Waals surface area contributed by atoms with Crippen LogP contribution in [0.4, 0.5) is 13.2 Å². The van der Waals surface area contributed by atoms with Gasteiger partial charge in [-0.15, -0.1) is 0 Å². The molecule has 6 nitrogen and oxygen atoms in total. The zero-order chi connectivity index (χ0) is 22.5. The third kappa shape index (κ3) is 5.25. The largest absolute Gasteiger partial charge is 0.741 e. The van der Waals surface area contributed by atoms with Crippen LogP contribution in [-0.4, -0.2) is 30.9 Å². The summed E-state index contributed by atoms with van der Waals surface area (Å²) in [7, 11) is -4.05. The number of carbonyl (C=O) groups is 1. The van der Waals surface area contributed by atoms with Gasteiger partial charge in [0, 0.05) is 18.7 Å². The number of hydrogen-bond acceptors (Lipinski definition) is 4. The van der Waals surface area contributed by atoms with E-state index >= 15 is 0 Å². The molecular weight excluding hydrogens is 421 g/mol. The van der Waals surface area contributed by atoms with Crippen LogP contribution < -0.4 is 9.88 Å². The smallest absolute Gasteiger partial charge is 0.485 e. The zero-order valence-corrected chi connectivity index (χ0v) is 17.2. The van der Waals surface area contributed by atoms with E-state index in [0.29, 0.717) is 0 Å². The molecule has 1 aromatic heterocycles. The van der Waals surface area contributed by atoms with E-state index in [0.717, 1.165) is 46.8 Å². The van der Waals surface area contributed by atoms with Crippen LogP contribution in [0, 0.1) is 0 Å². The molecule has 0 fully saturated rings. The highest BCUT2D eigenvalue weighted by Gasteiger charge is 2.36. The van der Waals surface area contributed by atoms with Crippen LogP contribution >= 0.6 is 0 Å². The van der Waals surface area contributed by atoms with Crippen molar-refractivity contribution < 1.29 is 35.5 Å². The van der Waals surface area contributed by atoms with Gasteiger partial charge in [0.1, 0.15) is 7.05 Å². The second-order valence-electron chi connectivity index (χ2n) is 6.48. The molecule has 1 amide bonds. The number of aromatic nitrogens is 1. The number of nitrogens with one attached hydrogen (secondary N) is 1. The van der Waals surface area contributed by atoms with E-state index in [1.54, 1.807) is 0 Å². The molecule has 0 saturated heterocycles. The number of benzene rings is 2. The maximum atomic E-state index is 12.7. The molecule has 0 saturated carbocycles. The lowest BCUT2D eigenvalue weighted by Crippen LogP contribution is -2.33. The molecule has 0 bridgehead atoms. The first kappa shape index (κ1) is 23.6. The van der Waals surface area contributed by atoms with Crippen molar-refractivity contribution in [1.82, 2.24) is 5.32 Å². The van der Waals surface area contributed by atoms with Gasteiger partial charge < -0.3 is 9.87 Å². The van der Waals surface area contributed by atoms with Gasteiger partial charge in [-0.3, -0.25) is 4.79 Å². The van der Waals surface area contributed by atoms with Crippen molar-refractivity contribution in [3.63, 3.8) is 0 Å². The molecule has 10 heteroatoms. The van der Waals surface area contributed by atoms with Gasteiger partial charge in [-0.1, -0.05) is 37.6 Å². The van der Waals surface area contributed by atoms with Crippen molar-refractivity contribution in [2.24, 2.45) is 7.05 Å². The van der Waals surface area contributed by atoms with Gasteiger partial charge in [-0.25, -0.2) is 8.42 Å². The highest BCUT2D eigenvalue weighted by atomic mass is 32.2. The van der Waals surface area contributed by atoms with Crippen molar-refractivity contribution in [2.75, 3.05) is 6.54 Å². The number of aryl methyl sites for hydroxylation is 1. The average Bonchev–Trinajstić information content (AvgIpc) is 2.67. The minimum Gasteiger partial charge on any atom is -0.741 e. The Bertz CT molecular complexity index is 1100. The number of para-hydroxylation sites is 2. The predicted octanol–water partition coefficient (Wildman–Crippen LogP) is 3.40. The van der Waals surface area contributed by atoms with Crippen molar-refractivity contribution in [3.8, 4) is 0 Å². The predicted molar refractivity (Wildman–Crippen MR) is 106 cm³/mol. The first-order chi connectivity index (χ1) is 14.0. The van der Waals surface area contributed by atoms with Gasteiger partial charge in [-0.2, -0.15) is 17.7 Å². The topological polar surface area (TPSA) is 90.2 Å². The minimum atomic E-state index is -6.09. The Labute approximate surface area is 172 Å². The normalized spacial score (nSPS) is 11.8. The van der Waals surface area contributed by atoms with Gasteiger partial charge in [0.2, 0.25) is 11.0 Å². The summed E-state index contributed by atoms with van der Waals surface area (Å²) in [5.41, 5.74) is -2.73. The fourth-order valence-corrected chi connectivity index (χ4v) is 2.94. The van der Waals surface area contributed by atoms with E-state index in [-0.39, 0.29) is 5.91 Å².